The van der Waals surface area contributed by atoms with E-state index in [0.29, 0.717) is 10.0 Å². The summed E-state index contributed by atoms with van der Waals surface area (Å²) in [5.41, 5.74) is 4.04. The Balaban J connectivity index is 1.92. The molecule has 0 radical (unpaired) electrons. The van der Waals surface area contributed by atoms with E-state index in [1.54, 1.807) is 17.4 Å². The minimum atomic E-state index is 0.670. The molecule has 2 aromatic rings. The molecule has 0 aliphatic carbocycles. The number of rotatable bonds is 4. The van der Waals surface area contributed by atoms with Gasteiger partial charge in [0.15, 0.2) is 0 Å². The Hall–Kier alpha value is -0.610. The summed E-state index contributed by atoms with van der Waals surface area (Å²) < 4.78 is 0. The fourth-order valence-electron chi connectivity index (χ4n) is 1.53. The van der Waals surface area contributed by atoms with E-state index in [9.17, 15) is 0 Å². The minimum absolute atomic E-state index is 0.670. The average molecular weight is 287 g/mol. The fourth-order valence-corrected chi connectivity index (χ4v) is 2.85. The first-order valence-corrected chi connectivity index (χ1v) is 6.83. The van der Waals surface area contributed by atoms with Crippen LogP contribution in [0.15, 0.2) is 23.7 Å². The summed E-state index contributed by atoms with van der Waals surface area (Å²) in [7, 11) is 0. The van der Waals surface area contributed by atoms with E-state index < -0.39 is 0 Å². The number of benzene rings is 1. The lowest BCUT2D eigenvalue weighted by molar-refractivity contribution is 0.697. The van der Waals surface area contributed by atoms with Gasteiger partial charge in [-0.3, -0.25) is 0 Å². The molecule has 2 rings (SSSR count). The van der Waals surface area contributed by atoms with Gasteiger partial charge in [-0.25, -0.2) is 4.98 Å². The third-order valence-electron chi connectivity index (χ3n) is 2.38. The first-order chi connectivity index (χ1) is 8.15. The van der Waals surface area contributed by atoms with Gasteiger partial charge in [0.1, 0.15) is 0 Å². The second-order valence-corrected chi connectivity index (χ2v) is 5.55. The van der Waals surface area contributed by atoms with Crippen LogP contribution in [0.4, 0.5) is 0 Å². The van der Waals surface area contributed by atoms with Crippen molar-refractivity contribution < 1.29 is 0 Å². The highest BCUT2D eigenvalue weighted by Crippen LogP contribution is 2.19. The van der Waals surface area contributed by atoms with Crippen LogP contribution in [0.3, 0.4) is 0 Å². The van der Waals surface area contributed by atoms with Gasteiger partial charge in [0.05, 0.1) is 11.2 Å². The summed E-state index contributed by atoms with van der Waals surface area (Å²) in [4.78, 5) is 5.47. The van der Waals surface area contributed by atoms with E-state index in [4.69, 9.17) is 23.2 Å². The predicted octanol–water partition coefficient (Wildman–Crippen LogP) is 4.05. The Bertz CT molecular complexity index is 491. The second-order valence-electron chi connectivity index (χ2n) is 3.74. The molecule has 0 amide bonds. The number of hydrogen-bond acceptors (Lipinski definition) is 3. The van der Waals surface area contributed by atoms with Gasteiger partial charge in [0, 0.05) is 28.0 Å². The summed E-state index contributed by atoms with van der Waals surface area (Å²) >= 11 is 13.5. The fraction of sp³-hybridized carbons (Fsp3) is 0.250. The Morgan fingerprint density at radius 2 is 1.88 bits per heavy atom. The number of aromatic nitrogens is 1. The number of thiazole rings is 1. The summed E-state index contributed by atoms with van der Waals surface area (Å²) in [6.45, 7) is 3.59. The van der Waals surface area contributed by atoms with Gasteiger partial charge in [-0.1, -0.05) is 23.2 Å². The molecule has 5 heteroatoms. The monoisotopic (exact) mass is 286 g/mol. The summed E-state index contributed by atoms with van der Waals surface area (Å²) in [6.07, 6.45) is 0. The lowest BCUT2D eigenvalue weighted by Gasteiger charge is -2.05. The third-order valence-corrected chi connectivity index (χ3v) is 3.75. The van der Waals surface area contributed by atoms with Crippen molar-refractivity contribution >= 4 is 34.5 Å². The van der Waals surface area contributed by atoms with Crippen LogP contribution in [-0.4, -0.2) is 4.98 Å². The molecule has 1 heterocycles. The van der Waals surface area contributed by atoms with Gasteiger partial charge >= 0.3 is 0 Å². The Labute approximate surface area is 115 Å². The molecule has 17 heavy (non-hydrogen) atoms. The van der Waals surface area contributed by atoms with Crippen LogP contribution in [0.25, 0.3) is 0 Å². The van der Waals surface area contributed by atoms with Crippen molar-refractivity contribution in [2.45, 2.75) is 20.0 Å². The van der Waals surface area contributed by atoms with E-state index in [2.05, 4.69) is 10.3 Å². The molecular formula is C12H12Cl2N2S. The topological polar surface area (TPSA) is 24.9 Å². The number of aryl methyl sites for hydroxylation is 1. The molecule has 2 nitrogen and oxygen atoms in total. The minimum Gasteiger partial charge on any atom is -0.308 e. The number of nitrogens with zero attached hydrogens (tertiary/aromatic N) is 1. The number of halogens is 2. The van der Waals surface area contributed by atoms with Crippen LogP contribution in [0, 0.1) is 6.92 Å². The SMILES string of the molecule is Cc1ncsc1CNCc1cc(Cl)cc(Cl)c1. The Kier molecular flexibility index (Phi) is 4.40. The molecule has 0 aliphatic heterocycles. The van der Waals surface area contributed by atoms with E-state index in [-0.39, 0.29) is 0 Å². The lowest BCUT2D eigenvalue weighted by Crippen LogP contribution is -2.12. The molecule has 1 aromatic heterocycles. The van der Waals surface area contributed by atoms with Crippen LogP contribution in [0.5, 0.6) is 0 Å². The number of hydrogen-bond donors (Lipinski definition) is 1. The van der Waals surface area contributed by atoms with Crippen molar-refractivity contribution in [1.29, 1.82) is 0 Å². The predicted molar refractivity (Wildman–Crippen MR) is 73.9 cm³/mol. The van der Waals surface area contributed by atoms with Gasteiger partial charge in [0.2, 0.25) is 0 Å². The molecule has 0 bridgehead atoms. The maximum absolute atomic E-state index is 5.93. The van der Waals surface area contributed by atoms with Gasteiger partial charge < -0.3 is 5.32 Å². The van der Waals surface area contributed by atoms with Crippen LogP contribution in [0.1, 0.15) is 16.1 Å². The van der Waals surface area contributed by atoms with Gasteiger partial charge in [0.25, 0.3) is 0 Å². The summed E-state index contributed by atoms with van der Waals surface area (Å²) in [5.74, 6) is 0. The molecule has 90 valence electrons. The average Bonchev–Trinajstić information content (AvgIpc) is 2.63. The maximum Gasteiger partial charge on any atom is 0.0798 e. The Morgan fingerprint density at radius 3 is 2.47 bits per heavy atom. The van der Waals surface area contributed by atoms with Crippen LogP contribution in [-0.2, 0) is 13.1 Å². The molecule has 1 aromatic carbocycles. The third kappa shape index (κ3) is 3.68. The van der Waals surface area contributed by atoms with E-state index in [0.717, 1.165) is 24.3 Å². The quantitative estimate of drug-likeness (QED) is 0.917. The second kappa shape index (κ2) is 5.83. The van der Waals surface area contributed by atoms with Crippen molar-refractivity contribution in [1.82, 2.24) is 10.3 Å². The molecule has 1 N–H and O–H groups in total. The van der Waals surface area contributed by atoms with Crippen LogP contribution >= 0.6 is 34.5 Å². The molecule has 0 saturated carbocycles. The zero-order valence-corrected chi connectivity index (χ0v) is 11.7. The summed E-state index contributed by atoms with van der Waals surface area (Å²) in [6, 6.07) is 5.57. The lowest BCUT2D eigenvalue weighted by atomic mass is 10.2. The van der Waals surface area contributed by atoms with E-state index in [1.165, 1.54) is 4.88 Å². The van der Waals surface area contributed by atoms with Crippen molar-refractivity contribution in [2.24, 2.45) is 0 Å². The van der Waals surface area contributed by atoms with Crippen molar-refractivity contribution in [2.75, 3.05) is 0 Å². The number of nitrogens with one attached hydrogen (secondary N) is 1. The largest absolute Gasteiger partial charge is 0.308 e. The smallest absolute Gasteiger partial charge is 0.0798 e. The molecule has 0 saturated heterocycles. The van der Waals surface area contributed by atoms with Gasteiger partial charge in [-0.2, -0.15) is 0 Å². The zero-order valence-electron chi connectivity index (χ0n) is 9.34. The van der Waals surface area contributed by atoms with Crippen LogP contribution in [0.2, 0.25) is 10.0 Å². The van der Waals surface area contributed by atoms with Gasteiger partial charge in [-0.05, 0) is 30.7 Å². The molecular weight excluding hydrogens is 275 g/mol. The molecule has 0 fully saturated rings. The normalized spacial score (nSPS) is 10.8. The highest BCUT2D eigenvalue weighted by molar-refractivity contribution is 7.09. The first-order valence-electron chi connectivity index (χ1n) is 5.20. The standard InChI is InChI=1S/C12H12Cl2N2S/c1-8-12(17-7-16-8)6-15-5-9-2-10(13)4-11(14)3-9/h2-4,7,15H,5-6H2,1H3. The highest BCUT2D eigenvalue weighted by Gasteiger charge is 2.02. The van der Waals surface area contributed by atoms with Crippen molar-refractivity contribution in [3.05, 3.63) is 49.9 Å². The first kappa shape index (κ1) is 12.8. The van der Waals surface area contributed by atoms with Gasteiger partial charge in [-0.15, -0.1) is 11.3 Å². The van der Waals surface area contributed by atoms with Crippen molar-refractivity contribution in [3.63, 3.8) is 0 Å². The van der Waals surface area contributed by atoms with Crippen molar-refractivity contribution in [3.8, 4) is 0 Å². The van der Waals surface area contributed by atoms with Crippen LogP contribution < -0.4 is 5.32 Å². The molecule has 0 atom stereocenters. The zero-order chi connectivity index (χ0) is 12.3. The molecule has 0 spiro atoms. The summed E-state index contributed by atoms with van der Waals surface area (Å²) in [5, 5.41) is 4.69. The molecule has 0 unspecified atom stereocenters. The Morgan fingerprint density at radius 1 is 1.18 bits per heavy atom. The van der Waals surface area contributed by atoms with E-state index in [1.807, 2.05) is 24.6 Å². The molecule has 0 aliphatic rings. The van der Waals surface area contributed by atoms with E-state index >= 15 is 0 Å². The highest BCUT2D eigenvalue weighted by atomic mass is 35.5. The maximum atomic E-state index is 5.93.